The van der Waals surface area contributed by atoms with Gasteiger partial charge in [-0.05, 0) is 50.6 Å². The largest absolute Gasteiger partial charge is 0.352 e. The normalized spacial score (nSPS) is 12.5. The highest BCUT2D eigenvalue weighted by atomic mass is 35.5. The summed E-state index contributed by atoms with van der Waals surface area (Å²) in [7, 11) is -3.99. The molecule has 0 unspecified atom stereocenters. The Labute approximate surface area is 170 Å². The predicted octanol–water partition coefficient (Wildman–Crippen LogP) is 4.41. The molecule has 1 amide bonds. The molecule has 146 valence electrons. The second kappa shape index (κ2) is 8.95. The van der Waals surface area contributed by atoms with Crippen LogP contribution in [0.25, 0.3) is 0 Å². The van der Waals surface area contributed by atoms with Crippen LogP contribution in [0.15, 0.2) is 47.4 Å². The summed E-state index contributed by atoms with van der Waals surface area (Å²) in [6.45, 7) is 5.27. The number of aryl methyl sites for hydroxylation is 1. The molecule has 27 heavy (non-hydrogen) atoms. The van der Waals surface area contributed by atoms with Crippen LogP contribution in [0.1, 0.15) is 25.8 Å². The molecule has 0 radical (unpaired) electrons. The Balaban J connectivity index is 2.48. The van der Waals surface area contributed by atoms with Gasteiger partial charge in [-0.3, -0.25) is 9.10 Å². The van der Waals surface area contributed by atoms with Crippen LogP contribution in [-0.4, -0.2) is 26.9 Å². The van der Waals surface area contributed by atoms with Crippen LogP contribution < -0.4 is 9.62 Å². The van der Waals surface area contributed by atoms with Gasteiger partial charge in [-0.25, -0.2) is 8.42 Å². The van der Waals surface area contributed by atoms with Gasteiger partial charge in [0.25, 0.3) is 10.0 Å². The van der Waals surface area contributed by atoms with Gasteiger partial charge in [0.15, 0.2) is 0 Å². The van der Waals surface area contributed by atoms with Crippen LogP contribution in [-0.2, 0) is 14.8 Å². The van der Waals surface area contributed by atoms with Crippen molar-refractivity contribution >= 4 is 44.8 Å². The smallest absolute Gasteiger partial charge is 0.264 e. The van der Waals surface area contributed by atoms with Crippen LogP contribution in [0.5, 0.6) is 0 Å². The van der Waals surface area contributed by atoms with Crippen molar-refractivity contribution in [1.29, 1.82) is 0 Å². The summed E-state index contributed by atoms with van der Waals surface area (Å²) >= 11 is 12.1. The fourth-order valence-electron chi connectivity index (χ4n) is 2.39. The van der Waals surface area contributed by atoms with Gasteiger partial charge in [-0.15, -0.1) is 0 Å². The molecule has 8 heteroatoms. The fraction of sp³-hybridized carbons (Fsp3) is 0.316. The fourth-order valence-corrected chi connectivity index (χ4v) is 4.31. The molecule has 0 aliphatic heterocycles. The number of hydrogen-bond acceptors (Lipinski definition) is 3. The van der Waals surface area contributed by atoms with E-state index in [9.17, 15) is 13.2 Å². The third kappa shape index (κ3) is 5.61. The van der Waals surface area contributed by atoms with E-state index in [1.807, 2.05) is 20.8 Å². The summed E-state index contributed by atoms with van der Waals surface area (Å²) in [5.41, 5.74) is 1.16. The van der Waals surface area contributed by atoms with E-state index in [1.165, 1.54) is 30.3 Å². The molecule has 0 aliphatic carbocycles. The molecular weight excluding hydrogens is 407 g/mol. The first-order valence-electron chi connectivity index (χ1n) is 8.48. The van der Waals surface area contributed by atoms with Crippen LogP contribution in [0, 0.1) is 6.92 Å². The molecule has 5 nitrogen and oxygen atoms in total. The zero-order valence-electron chi connectivity index (χ0n) is 15.4. The van der Waals surface area contributed by atoms with E-state index in [2.05, 4.69) is 5.32 Å². The van der Waals surface area contributed by atoms with Crippen molar-refractivity contribution in [3.05, 3.63) is 58.1 Å². The molecule has 0 bridgehead atoms. The number of nitrogens with one attached hydrogen (secondary N) is 1. The summed E-state index contributed by atoms with van der Waals surface area (Å²) < 4.78 is 27.5. The van der Waals surface area contributed by atoms with E-state index >= 15 is 0 Å². The van der Waals surface area contributed by atoms with Crippen molar-refractivity contribution < 1.29 is 13.2 Å². The Morgan fingerprint density at radius 2 is 1.67 bits per heavy atom. The zero-order valence-corrected chi connectivity index (χ0v) is 17.7. The lowest BCUT2D eigenvalue weighted by atomic mass is 10.2. The van der Waals surface area contributed by atoms with Crippen molar-refractivity contribution in [2.75, 3.05) is 10.8 Å². The number of carbonyl (C=O) groups excluding carboxylic acids is 1. The van der Waals surface area contributed by atoms with E-state index < -0.39 is 15.9 Å². The van der Waals surface area contributed by atoms with E-state index in [0.29, 0.717) is 0 Å². The van der Waals surface area contributed by atoms with Crippen LogP contribution in [0.4, 0.5) is 5.69 Å². The van der Waals surface area contributed by atoms with E-state index in [0.717, 1.165) is 16.3 Å². The molecule has 0 aromatic heterocycles. The second-order valence-electron chi connectivity index (χ2n) is 6.33. The van der Waals surface area contributed by atoms with Crippen molar-refractivity contribution in [2.45, 2.75) is 38.1 Å². The molecule has 1 atom stereocenters. The van der Waals surface area contributed by atoms with E-state index in [4.69, 9.17) is 23.2 Å². The van der Waals surface area contributed by atoms with Crippen molar-refractivity contribution in [1.82, 2.24) is 5.32 Å². The average molecular weight is 429 g/mol. The standard InChI is InChI=1S/C19H22Cl2N2O3S/c1-4-14(3)22-19(24)12-23(17-10-15(20)9-16(21)11-17)27(25,26)18-7-5-13(2)6-8-18/h5-11,14H,4,12H2,1-3H3,(H,22,24)/t14-/m0/s1. The van der Waals surface area contributed by atoms with Gasteiger partial charge in [0.2, 0.25) is 5.91 Å². The Kier molecular flexibility index (Phi) is 7.14. The third-order valence-electron chi connectivity index (χ3n) is 4.05. The first-order chi connectivity index (χ1) is 12.6. The summed E-state index contributed by atoms with van der Waals surface area (Å²) in [4.78, 5) is 12.5. The van der Waals surface area contributed by atoms with Crippen LogP contribution >= 0.6 is 23.2 Å². The molecule has 0 fully saturated rings. The molecule has 0 aliphatic rings. The Hall–Kier alpha value is -1.76. The summed E-state index contributed by atoms with van der Waals surface area (Å²) in [5.74, 6) is -0.406. The minimum atomic E-state index is -3.99. The average Bonchev–Trinajstić information content (AvgIpc) is 2.58. The third-order valence-corrected chi connectivity index (χ3v) is 6.28. The summed E-state index contributed by atoms with van der Waals surface area (Å²) in [6.07, 6.45) is 0.736. The number of sulfonamides is 1. The lowest BCUT2D eigenvalue weighted by Gasteiger charge is -2.25. The number of nitrogens with zero attached hydrogens (tertiary/aromatic N) is 1. The molecule has 0 saturated heterocycles. The lowest BCUT2D eigenvalue weighted by molar-refractivity contribution is -0.120. The van der Waals surface area contributed by atoms with E-state index in [1.54, 1.807) is 12.1 Å². The number of amides is 1. The lowest BCUT2D eigenvalue weighted by Crippen LogP contribution is -2.43. The highest BCUT2D eigenvalue weighted by molar-refractivity contribution is 7.92. The number of anilines is 1. The highest BCUT2D eigenvalue weighted by Gasteiger charge is 2.28. The van der Waals surface area contributed by atoms with Crippen molar-refractivity contribution in [2.24, 2.45) is 0 Å². The molecule has 0 spiro atoms. The molecule has 0 heterocycles. The summed E-state index contributed by atoms with van der Waals surface area (Å²) in [6, 6.07) is 10.8. The Bertz CT molecular complexity index is 895. The quantitative estimate of drug-likeness (QED) is 0.709. The maximum Gasteiger partial charge on any atom is 0.264 e. The molecule has 2 rings (SSSR count). The number of carbonyl (C=O) groups is 1. The van der Waals surface area contributed by atoms with Crippen LogP contribution in [0.2, 0.25) is 10.0 Å². The molecule has 1 N–H and O–H groups in total. The monoisotopic (exact) mass is 428 g/mol. The van der Waals surface area contributed by atoms with Crippen molar-refractivity contribution in [3.8, 4) is 0 Å². The van der Waals surface area contributed by atoms with Gasteiger partial charge in [0.05, 0.1) is 10.6 Å². The highest BCUT2D eigenvalue weighted by Crippen LogP contribution is 2.29. The topological polar surface area (TPSA) is 66.5 Å². The van der Waals surface area contributed by atoms with Gasteiger partial charge < -0.3 is 5.32 Å². The maximum absolute atomic E-state index is 13.2. The second-order valence-corrected chi connectivity index (χ2v) is 9.06. The van der Waals surface area contributed by atoms with Crippen LogP contribution in [0.3, 0.4) is 0 Å². The minimum Gasteiger partial charge on any atom is -0.352 e. The van der Waals surface area contributed by atoms with Gasteiger partial charge in [-0.1, -0.05) is 47.8 Å². The molecule has 0 saturated carbocycles. The zero-order chi connectivity index (χ0) is 20.2. The van der Waals surface area contributed by atoms with Gasteiger partial charge in [-0.2, -0.15) is 0 Å². The predicted molar refractivity (Wildman–Crippen MR) is 110 cm³/mol. The number of halogens is 2. The first-order valence-corrected chi connectivity index (χ1v) is 10.7. The maximum atomic E-state index is 13.2. The number of hydrogen-bond donors (Lipinski definition) is 1. The minimum absolute atomic E-state index is 0.0654. The van der Waals surface area contributed by atoms with E-state index in [-0.39, 0.29) is 33.2 Å². The molecular formula is C19H22Cl2N2O3S. The van der Waals surface area contributed by atoms with Gasteiger partial charge in [0.1, 0.15) is 6.54 Å². The van der Waals surface area contributed by atoms with Gasteiger partial charge in [0, 0.05) is 16.1 Å². The summed E-state index contributed by atoms with van der Waals surface area (Å²) in [5, 5.41) is 3.34. The Morgan fingerprint density at radius 3 is 2.19 bits per heavy atom. The molecule has 2 aromatic rings. The SMILES string of the molecule is CC[C@H](C)NC(=O)CN(c1cc(Cl)cc(Cl)c1)S(=O)(=O)c1ccc(C)cc1. The first kappa shape index (κ1) is 21.5. The molecule has 2 aromatic carbocycles. The van der Waals surface area contributed by atoms with Crippen molar-refractivity contribution in [3.63, 3.8) is 0 Å². The Morgan fingerprint density at radius 1 is 1.11 bits per heavy atom. The van der Waals surface area contributed by atoms with Gasteiger partial charge >= 0.3 is 0 Å². The number of benzene rings is 2. The number of rotatable bonds is 7.